The highest BCUT2D eigenvalue weighted by Gasteiger charge is 2.15. The molecule has 5 heteroatoms. The van der Waals surface area contributed by atoms with Crippen LogP contribution in [-0.2, 0) is 19.5 Å². The van der Waals surface area contributed by atoms with Crippen molar-refractivity contribution in [1.29, 1.82) is 0 Å². The van der Waals surface area contributed by atoms with E-state index in [-0.39, 0.29) is 5.56 Å². The van der Waals surface area contributed by atoms with Crippen molar-refractivity contribution >= 4 is 11.0 Å². The molecule has 0 saturated carbocycles. The monoisotopic (exact) mass is 364 g/mol. The zero-order valence-electron chi connectivity index (χ0n) is 15.4. The molecule has 3 aromatic rings. The highest BCUT2D eigenvalue weighted by molar-refractivity contribution is 5.74. The molecule has 0 saturated heterocycles. The normalized spacial score (nSPS) is 14.4. The molecule has 0 radical (unpaired) electrons. The quantitative estimate of drug-likeness (QED) is 0.631. The number of benzene rings is 2. The van der Waals surface area contributed by atoms with Gasteiger partial charge >= 0.3 is 5.76 Å². The van der Waals surface area contributed by atoms with Crippen LogP contribution < -0.4 is 11.3 Å². The predicted octanol–water partition coefficient (Wildman–Crippen LogP) is 3.18. The van der Waals surface area contributed by atoms with Crippen LogP contribution >= 0.6 is 0 Å². The predicted molar refractivity (Wildman–Crippen MR) is 106 cm³/mol. The van der Waals surface area contributed by atoms with Crippen LogP contribution in [-0.4, -0.2) is 22.6 Å². The lowest BCUT2D eigenvalue weighted by molar-refractivity contribution is 0.247. The fourth-order valence-corrected chi connectivity index (χ4v) is 3.83. The van der Waals surface area contributed by atoms with Gasteiger partial charge in [-0.1, -0.05) is 42.8 Å². The summed E-state index contributed by atoms with van der Waals surface area (Å²) in [6.07, 6.45) is 3.96. The maximum atomic E-state index is 12.5. The van der Waals surface area contributed by atoms with E-state index in [9.17, 15) is 9.59 Å². The largest absolute Gasteiger partial charge is 0.422 e. The average molecular weight is 364 g/mol. The molecule has 27 heavy (non-hydrogen) atoms. The Morgan fingerprint density at radius 3 is 2.48 bits per heavy atom. The first kappa shape index (κ1) is 17.7. The minimum atomic E-state index is -0.564. The molecule has 0 unspecified atom stereocenters. The van der Waals surface area contributed by atoms with Gasteiger partial charge in [0.2, 0.25) is 0 Å². The van der Waals surface area contributed by atoms with Gasteiger partial charge in [-0.05, 0) is 49.1 Å². The van der Waals surface area contributed by atoms with E-state index in [1.165, 1.54) is 15.7 Å². The molecule has 0 N–H and O–H groups in total. The first-order valence-electron chi connectivity index (χ1n) is 9.64. The second-order valence-electron chi connectivity index (χ2n) is 7.18. The highest BCUT2D eigenvalue weighted by atomic mass is 16.4. The van der Waals surface area contributed by atoms with E-state index in [0.29, 0.717) is 17.5 Å². The first-order chi connectivity index (χ1) is 13.2. The number of aromatic nitrogens is 1. The molecule has 1 aromatic heterocycles. The van der Waals surface area contributed by atoms with Crippen molar-refractivity contribution in [1.82, 2.24) is 9.47 Å². The van der Waals surface area contributed by atoms with Crippen LogP contribution in [0.4, 0.5) is 0 Å². The standard InChI is InChI=1S/C22H24N2O3/c25-21-19-10-4-5-11-20(19)27-22(26)24(21)14-7-1-6-13-23-15-12-17-8-2-3-9-18(17)16-23/h2-5,8-11H,1,6-7,12-16H2. The van der Waals surface area contributed by atoms with E-state index in [1.54, 1.807) is 24.3 Å². The van der Waals surface area contributed by atoms with Crippen molar-refractivity contribution in [3.05, 3.63) is 80.6 Å². The Bertz CT molecular complexity index is 1050. The zero-order chi connectivity index (χ0) is 18.6. The molecular weight excluding hydrogens is 340 g/mol. The molecular formula is C22H24N2O3. The summed E-state index contributed by atoms with van der Waals surface area (Å²) in [5, 5.41) is 0.462. The SMILES string of the molecule is O=c1oc2ccccc2c(=O)n1CCCCCN1CCc2ccccc2C1. The van der Waals surface area contributed by atoms with Gasteiger partial charge in [-0.2, -0.15) is 0 Å². The molecule has 2 heterocycles. The molecule has 1 aliphatic heterocycles. The van der Waals surface area contributed by atoms with Crippen LogP contribution in [0.15, 0.2) is 62.5 Å². The Hall–Kier alpha value is -2.66. The van der Waals surface area contributed by atoms with E-state index in [1.807, 2.05) is 0 Å². The molecule has 5 nitrogen and oxygen atoms in total. The molecule has 0 spiro atoms. The summed E-state index contributed by atoms with van der Waals surface area (Å²) in [4.78, 5) is 27.0. The zero-order valence-corrected chi connectivity index (χ0v) is 15.4. The smallest absolute Gasteiger partial charge is 0.409 e. The Kier molecular flexibility index (Phi) is 5.21. The van der Waals surface area contributed by atoms with Crippen LogP contribution in [0, 0.1) is 0 Å². The van der Waals surface area contributed by atoms with E-state index >= 15 is 0 Å². The van der Waals surface area contributed by atoms with Crippen molar-refractivity contribution in [3.63, 3.8) is 0 Å². The van der Waals surface area contributed by atoms with E-state index in [4.69, 9.17) is 4.42 Å². The average Bonchev–Trinajstić information content (AvgIpc) is 2.70. The second kappa shape index (κ2) is 7.92. The van der Waals surface area contributed by atoms with Crippen LogP contribution in [0.2, 0.25) is 0 Å². The summed E-state index contributed by atoms with van der Waals surface area (Å²) in [6.45, 7) is 3.58. The molecule has 140 valence electrons. The van der Waals surface area contributed by atoms with Gasteiger partial charge in [-0.15, -0.1) is 0 Å². The number of hydrogen-bond acceptors (Lipinski definition) is 4. The molecule has 0 fully saturated rings. The van der Waals surface area contributed by atoms with Crippen molar-refractivity contribution in [2.75, 3.05) is 13.1 Å². The number of unbranched alkanes of at least 4 members (excludes halogenated alkanes) is 2. The fourth-order valence-electron chi connectivity index (χ4n) is 3.83. The number of hydrogen-bond donors (Lipinski definition) is 0. The number of nitrogens with zero attached hydrogens (tertiary/aromatic N) is 2. The van der Waals surface area contributed by atoms with E-state index in [0.717, 1.165) is 45.3 Å². The Morgan fingerprint density at radius 2 is 1.59 bits per heavy atom. The minimum Gasteiger partial charge on any atom is -0.409 e. The van der Waals surface area contributed by atoms with Gasteiger partial charge in [-0.25, -0.2) is 9.36 Å². The first-order valence-corrected chi connectivity index (χ1v) is 9.64. The number of para-hydroxylation sites is 1. The Balaban J connectivity index is 1.29. The molecule has 2 aromatic carbocycles. The third-order valence-corrected chi connectivity index (χ3v) is 5.35. The summed E-state index contributed by atoms with van der Waals surface area (Å²) >= 11 is 0. The third kappa shape index (κ3) is 3.88. The summed E-state index contributed by atoms with van der Waals surface area (Å²) < 4.78 is 6.48. The van der Waals surface area contributed by atoms with Crippen molar-refractivity contribution in [3.8, 4) is 0 Å². The summed E-state index contributed by atoms with van der Waals surface area (Å²) in [6, 6.07) is 15.5. The van der Waals surface area contributed by atoms with Crippen molar-refractivity contribution in [2.45, 2.75) is 38.8 Å². The number of rotatable bonds is 6. The second-order valence-corrected chi connectivity index (χ2v) is 7.18. The van der Waals surface area contributed by atoms with Gasteiger partial charge in [-0.3, -0.25) is 9.69 Å². The van der Waals surface area contributed by atoms with Crippen LogP contribution in [0.1, 0.15) is 30.4 Å². The van der Waals surface area contributed by atoms with Gasteiger partial charge < -0.3 is 4.42 Å². The summed E-state index contributed by atoms with van der Waals surface area (Å²) in [5.74, 6) is -0.564. The van der Waals surface area contributed by atoms with E-state index < -0.39 is 5.76 Å². The highest BCUT2D eigenvalue weighted by Crippen LogP contribution is 2.18. The molecule has 0 atom stereocenters. The molecule has 1 aliphatic rings. The lowest BCUT2D eigenvalue weighted by Gasteiger charge is -2.28. The number of fused-ring (bicyclic) bond motifs is 2. The maximum absolute atomic E-state index is 12.5. The summed E-state index contributed by atoms with van der Waals surface area (Å²) in [5.41, 5.74) is 3.00. The molecule has 0 bridgehead atoms. The molecule has 0 amide bonds. The third-order valence-electron chi connectivity index (χ3n) is 5.35. The van der Waals surface area contributed by atoms with Gasteiger partial charge in [0.25, 0.3) is 5.56 Å². The maximum Gasteiger partial charge on any atom is 0.422 e. The van der Waals surface area contributed by atoms with Gasteiger partial charge in [0, 0.05) is 19.6 Å². The minimum absolute atomic E-state index is 0.255. The topological polar surface area (TPSA) is 55.5 Å². The molecule has 4 rings (SSSR count). The van der Waals surface area contributed by atoms with Gasteiger partial charge in [0.15, 0.2) is 0 Å². The molecule has 0 aliphatic carbocycles. The van der Waals surface area contributed by atoms with Crippen LogP contribution in [0.25, 0.3) is 11.0 Å². The summed E-state index contributed by atoms with van der Waals surface area (Å²) in [7, 11) is 0. The fraction of sp³-hybridized carbons (Fsp3) is 0.364. The van der Waals surface area contributed by atoms with Crippen LogP contribution in [0.5, 0.6) is 0 Å². The lowest BCUT2D eigenvalue weighted by Crippen LogP contribution is -2.33. The lowest BCUT2D eigenvalue weighted by atomic mass is 10.00. The van der Waals surface area contributed by atoms with Gasteiger partial charge in [0.1, 0.15) is 5.58 Å². The van der Waals surface area contributed by atoms with Crippen molar-refractivity contribution in [2.24, 2.45) is 0 Å². The van der Waals surface area contributed by atoms with Crippen molar-refractivity contribution < 1.29 is 4.42 Å². The van der Waals surface area contributed by atoms with E-state index in [2.05, 4.69) is 29.2 Å². The Morgan fingerprint density at radius 1 is 0.852 bits per heavy atom. The van der Waals surface area contributed by atoms with Gasteiger partial charge in [0.05, 0.1) is 5.39 Å². The van der Waals surface area contributed by atoms with Crippen LogP contribution in [0.3, 0.4) is 0 Å². The Labute approximate surface area is 157 Å².